The average molecular weight is 437 g/mol. The summed E-state index contributed by atoms with van der Waals surface area (Å²) in [6.45, 7) is 5.84. The van der Waals surface area contributed by atoms with Gasteiger partial charge in [-0.25, -0.2) is 19.9 Å². The number of aryl methyl sites for hydroxylation is 1. The lowest BCUT2D eigenvalue weighted by Gasteiger charge is -2.10. The number of hydrogen-bond acceptors (Lipinski definition) is 7. The Kier molecular flexibility index (Phi) is 6.59. The molecule has 4 aromatic rings. The van der Waals surface area contributed by atoms with Crippen LogP contribution >= 0.6 is 0 Å². The average Bonchev–Trinajstić information content (AvgIpc) is 2.80. The summed E-state index contributed by atoms with van der Waals surface area (Å²) in [7, 11) is 0. The van der Waals surface area contributed by atoms with E-state index in [9.17, 15) is 13.2 Å². The van der Waals surface area contributed by atoms with Crippen molar-refractivity contribution < 1.29 is 13.2 Å². The Morgan fingerprint density at radius 2 is 1.69 bits per heavy atom. The van der Waals surface area contributed by atoms with Crippen LogP contribution in [0.5, 0.6) is 0 Å². The first kappa shape index (κ1) is 22.6. The zero-order valence-electron chi connectivity index (χ0n) is 17.4. The summed E-state index contributed by atoms with van der Waals surface area (Å²) >= 11 is 0. The van der Waals surface area contributed by atoms with Gasteiger partial charge in [-0.2, -0.15) is 18.4 Å². The molecule has 0 saturated carbocycles. The van der Waals surface area contributed by atoms with Gasteiger partial charge in [0.1, 0.15) is 6.07 Å². The molecule has 0 aliphatic carbocycles. The minimum absolute atomic E-state index is 0.0178. The van der Waals surface area contributed by atoms with Gasteiger partial charge in [-0.1, -0.05) is 13.8 Å². The lowest BCUT2D eigenvalue weighted by Crippen LogP contribution is -2.07. The van der Waals surface area contributed by atoms with Crippen LogP contribution in [0, 0.1) is 18.3 Å². The predicted octanol–water partition coefficient (Wildman–Crippen LogP) is 5.45. The number of anilines is 2. The molecule has 32 heavy (non-hydrogen) atoms. The van der Waals surface area contributed by atoms with Crippen molar-refractivity contribution >= 4 is 22.7 Å². The normalized spacial score (nSPS) is 10.8. The summed E-state index contributed by atoms with van der Waals surface area (Å²) < 4.78 is 38.0. The molecule has 1 N–H and O–H groups in total. The summed E-state index contributed by atoms with van der Waals surface area (Å²) in [6.07, 6.45) is -0.0746. The maximum absolute atomic E-state index is 12.7. The van der Waals surface area contributed by atoms with Crippen LogP contribution in [0.2, 0.25) is 0 Å². The number of pyridine rings is 3. The molecule has 0 aliphatic heterocycles. The van der Waals surface area contributed by atoms with Crippen molar-refractivity contribution in [3.05, 3.63) is 65.7 Å². The number of fused-ring (bicyclic) bond motifs is 1. The van der Waals surface area contributed by atoms with Crippen molar-refractivity contribution in [3.8, 4) is 17.5 Å². The van der Waals surface area contributed by atoms with E-state index in [-0.39, 0.29) is 5.95 Å². The summed E-state index contributed by atoms with van der Waals surface area (Å²) in [5.41, 5.74) is 2.50. The quantitative estimate of drug-likeness (QED) is 0.455. The monoisotopic (exact) mass is 437 g/mol. The Morgan fingerprint density at radius 1 is 0.969 bits per heavy atom. The maximum Gasteiger partial charge on any atom is 0.419 e. The van der Waals surface area contributed by atoms with Crippen molar-refractivity contribution in [2.24, 2.45) is 0 Å². The highest BCUT2D eigenvalue weighted by atomic mass is 19.4. The van der Waals surface area contributed by atoms with Crippen LogP contribution in [0.1, 0.15) is 30.5 Å². The fourth-order valence-corrected chi connectivity index (χ4v) is 2.83. The number of nitriles is 1. The van der Waals surface area contributed by atoms with Crippen molar-refractivity contribution in [2.45, 2.75) is 26.9 Å². The molecule has 0 amide bonds. The van der Waals surface area contributed by atoms with E-state index in [0.29, 0.717) is 46.1 Å². The molecule has 4 rings (SSSR count). The molecule has 0 unspecified atom stereocenters. The Labute approximate surface area is 182 Å². The minimum Gasteiger partial charge on any atom is -0.323 e. The third-order valence-corrected chi connectivity index (χ3v) is 4.28. The second kappa shape index (κ2) is 9.34. The molecule has 162 valence electrons. The van der Waals surface area contributed by atoms with Crippen molar-refractivity contribution in [1.29, 1.82) is 5.26 Å². The number of nitrogens with one attached hydrogen (secondary N) is 1. The smallest absolute Gasteiger partial charge is 0.323 e. The van der Waals surface area contributed by atoms with E-state index in [1.165, 1.54) is 12.4 Å². The van der Waals surface area contributed by atoms with Gasteiger partial charge in [0.2, 0.25) is 5.95 Å². The minimum atomic E-state index is -4.50. The SMILES string of the molecule is CC.Cc1cc(C#N)cnc1-c1ccc2c(Nc3ncc(C(F)(F)F)cn3)ccnc2n1. The fraction of sp³-hybridized carbons (Fsp3) is 0.182. The summed E-state index contributed by atoms with van der Waals surface area (Å²) in [4.78, 5) is 20.5. The third kappa shape index (κ3) is 4.78. The molecule has 0 saturated heterocycles. The van der Waals surface area contributed by atoms with E-state index >= 15 is 0 Å². The first-order chi connectivity index (χ1) is 15.3. The number of hydrogen-bond donors (Lipinski definition) is 1. The number of alkyl halides is 3. The van der Waals surface area contributed by atoms with Gasteiger partial charge in [0, 0.05) is 30.2 Å². The molecular formula is C22H18F3N7. The number of aromatic nitrogens is 5. The van der Waals surface area contributed by atoms with Gasteiger partial charge in [0.05, 0.1) is 28.2 Å². The van der Waals surface area contributed by atoms with Gasteiger partial charge in [-0.05, 0) is 36.8 Å². The largest absolute Gasteiger partial charge is 0.419 e. The molecule has 0 atom stereocenters. The first-order valence-corrected chi connectivity index (χ1v) is 9.64. The third-order valence-electron chi connectivity index (χ3n) is 4.28. The molecule has 0 aromatic carbocycles. The van der Waals surface area contributed by atoms with E-state index in [4.69, 9.17) is 5.26 Å². The van der Waals surface area contributed by atoms with Crippen LogP contribution in [0.25, 0.3) is 22.4 Å². The lowest BCUT2D eigenvalue weighted by atomic mass is 10.1. The Bertz CT molecular complexity index is 1280. The van der Waals surface area contributed by atoms with Gasteiger partial charge in [-0.3, -0.25) is 4.98 Å². The lowest BCUT2D eigenvalue weighted by molar-refractivity contribution is -0.138. The van der Waals surface area contributed by atoms with Crippen LogP contribution in [0.4, 0.5) is 24.8 Å². The van der Waals surface area contributed by atoms with Gasteiger partial charge < -0.3 is 5.32 Å². The number of halogens is 3. The van der Waals surface area contributed by atoms with Crippen molar-refractivity contribution in [2.75, 3.05) is 5.32 Å². The standard InChI is InChI=1S/C20H12F3N7.C2H6/c1-11-6-12(7-24)8-26-17(11)16-3-2-14-15(4-5-25-18(14)29-16)30-19-27-9-13(10-28-19)20(21,22)23;1-2/h2-6,8-10H,1H3,(H,25,27,28,29,30);1-2H3. The summed E-state index contributed by atoms with van der Waals surface area (Å²) in [5, 5.41) is 12.5. The summed E-state index contributed by atoms with van der Waals surface area (Å²) in [6, 6.07) is 8.94. The second-order valence-electron chi connectivity index (χ2n) is 6.35. The Morgan fingerprint density at radius 3 is 2.31 bits per heavy atom. The van der Waals surface area contributed by atoms with E-state index in [2.05, 4.69) is 30.2 Å². The van der Waals surface area contributed by atoms with Gasteiger partial charge in [-0.15, -0.1) is 0 Å². The van der Waals surface area contributed by atoms with Crippen LogP contribution < -0.4 is 5.32 Å². The topological polar surface area (TPSA) is 100 Å². The Hall–Kier alpha value is -4.13. The molecule has 0 fully saturated rings. The highest BCUT2D eigenvalue weighted by molar-refractivity contribution is 5.91. The fourth-order valence-electron chi connectivity index (χ4n) is 2.83. The zero-order valence-corrected chi connectivity index (χ0v) is 17.4. The second-order valence-corrected chi connectivity index (χ2v) is 6.35. The molecule has 4 heterocycles. The molecule has 4 aromatic heterocycles. The van der Waals surface area contributed by atoms with Crippen LogP contribution in [0.15, 0.2) is 49.1 Å². The van der Waals surface area contributed by atoms with Crippen LogP contribution in [-0.2, 0) is 6.18 Å². The maximum atomic E-state index is 12.7. The number of nitrogens with zero attached hydrogens (tertiary/aromatic N) is 6. The van der Waals surface area contributed by atoms with E-state index < -0.39 is 11.7 Å². The van der Waals surface area contributed by atoms with E-state index in [1.807, 2.05) is 26.8 Å². The van der Waals surface area contributed by atoms with Crippen molar-refractivity contribution in [1.82, 2.24) is 24.9 Å². The molecule has 0 spiro atoms. The number of rotatable bonds is 3. The van der Waals surface area contributed by atoms with Crippen LogP contribution in [-0.4, -0.2) is 24.9 Å². The Balaban J connectivity index is 0.00000141. The summed E-state index contributed by atoms with van der Waals surface area (Å²) in [5.74, 6) is 0.0178. The van der Waals surface area contributed by atoms with E-state index in [1.54, 1.807) is 24.3 Å². The molecule has 10 heteroatoms. The van der Waals surface area contributed by atoms with Gasteiger partial charge >= 0.3 is 6.18 Å². The van der Waals surface area contributed by atoms with Crippen LogP contribution in [0.3, 0.4) is 0 Å². The van der Waals surface area contributed by atoms with Crippen molar-refractivity contribution in [3.63, 3.8) is 0 Å². The van der Waals surface area contributed by atoms with Gasteiger partial charge in [0.25, 0.3) is 0 Å². The first-order valence-electron chi connectivity index (χ1n) is 9.64. The predicted molar refractivity (Wildman–Crippen MR) is 114 cm³/mol. The zero-order chi connectivity index (χ0) is 23.3. The molecular weight excluding hydrogens is 419 g/mol. The molecule has 7 nitrogen and oxygen atoms in total. The molecule has 0 radical (unpaired) electrons. The van der Waals surface area contributed by atoms with E-state index in [0.717, 1.165) is 5.56 Å². The highest BCUT2D eigenvalue weighted by Crippen LogP contribution is 2.29. The molecule has 0 aliphatic rings. The van der Waals surface area contributed by atoms with Gasteiger partial charge in [0.15, 0.2) is 5.65 Å². The highest BCUT2D eigenvalue weighted by Gasteiger charge is 2.31. The molecule has 0 bridgehead atoms.